The molecule has 2 aromatic rings. The first kappa shape index (κ1) is 14.5. The van der Waals surface area contributed by atoms with Crippen molar-refractivity contribution in [3.63, 3.8) is 0 Å². The van der Waals surface area contributed by atoms with E-state index in [1.807, 2.05) is 0 Å². The number of H-pyrrole nitrogens is 1. The van der Waals surface area contributed by atoms with E-state index in [0.29, 0.717) is 6.42 Å². The van der Waals surface area contributed by atoms with Crippen LogP contribution in [0.3, 0.4) is 0 Å². The second-order valence-corrected chi connectivity index (χ2v) is 4.37. The Labute approximate surface area is 114 Å². The van der Waals surface area contributed by atoms with E-state index in [-0.39, 0.29) is 18.3 Å². The number of ether oxygens (including phenoxy) is 1. The number of imidazole rings is 1. The van der Waals surface area contributed by atoms with Crippen LogP contribution in [0.25, 0.3) is 0 Å². The van der Waals surface area contributed by atoms with E-state index >= 15 is 0 Å². The fourth-order valence-corrected chi connectivity index (χ4v) is 1.78. The molecule has 0 aliphatic rings. The second-order valence-electron chi connectivity index (χ2n) is 4.37. The van der Waals surface area contributed by atoms with Gasteiger partial charge in [0.1, 0.15) is 11.5 Å². The summed E-state index contributed by atoms with van der Waals surface area (Å²) in [5.74, 6) is 0.736. The Morgan fingerprint density at radius 3 is 2.75 bits per heavy atom. The van der Waals surface area contributed by atoms with Gasteiger partial charge in [0.2, 0.25) is 0 Å². The van der Waals surface area contributed by atoms with Crippen molar-refractivity contribution in [3.05, 3.63) is 47.8 Å². The van der Waals surface area contributed by atoms with Gasteiger partial charge in [0.25, 0.3) is 0 Å². The van der Waals surface area contributed by atoms with E-state index in [4.69, 9.17) is 4.74 Å². The first-order valence-corrected chi connectivity index (χ1v) is 6.07. The van der Waals surface area contributed by atoms with Crippen molar-refractivity contribution in [2.75, 3.05) is 0 Å². The highest BCUT2D eigenvalue weighted by Gasteiger charge is 2.35. The lowest BCUT2D eigenvalue weighted by Crippen LogP contribution is -2.16. The fourth-order valence-electron chi connectivity index (χ4n) is 1.78. The predicted octanol–water partition coefficient (Wildman–Crippen LogP) is 2.97. The minimum Gasteiger partial charge on any atom is -0.373 e. The molecular weight excluding hydrogens is 271 g/mol. The van der Waals surface area contributed by atoms with Crippen LogP contribution in [0.5, 0.6) is 0 Å². The lowest BCUT2D eigenvalue weighted by Gasteiger charge is -2.15. The lowest BCUT2D eigenvalue weighted by atomic mass is 10.2. The number of alkyl halides is 3. The Hall–Kier alpha value is -1.89. The summed E-state index contributed by atoms with van der Waals surface area (Å²) < 4.78 is 43.7. The van der Waals surface area contributed by atoms with Gasteiger partial charge in [-0.15, -0.1) is 0 Å². The molecule has 2 heterocycles. The third-order valence-corrected chi connectivity index (χ3v) is 2.72. The van der Waals surface area contributed by atoms with Gasteiger partial charge >= 0.3 is 6.18 Å². The fraction of sp³-hybridized carbons (Fsp3) is 0.385. The number of nitrogens with zero attached hydrogens (tertiary/aromatic N) is 2. The molecule has 0 aliphatic carbocycles. The maximum absolute atomic E-state index is 12.7. The van der Waals surface area contributed by atoms with Crippen LogP contribution in [0.4, 0.5) is 13.2 Å². The molecular formula is C13H14F3N3O. The van der Waals surface area contributed by atoms with Crippen molar-refractivity contribution in [2.24, 2.45) is 0 Å². The molecule has 0 saturated carbocycles. The van der Waals surface area contributed by atoms with E-state index in [9.17, 15) is 13.2 Å². The van der Waals surface area contributed by atoms with Gasteiger partial charge in [-0.3, -0.25) is 4.98 Å². The Kier molecular flexibility index (Phi) is 4.39. The predicted molar refractivity (Wildman–Crippen MR) is 65.8 cm³/mol. The Morgan fingerprint density at radius 1 is 1.30 bits per heavy atom. The number of hydrogen-bond donors (Lipinski definition) is 1. The van der Waals surface area contributed by atoms with Gasteiger partial charge < -0.3 is 9.72 Å². The van der Waals surface area contributed by atoms with E-state index in [2.05, 4.69) is 15.0 Å². The summed E-state index contributed by atoms with van der Waals surface area (Å²) in [6.45, 7) is 1.65. The summed E-state index contributed by atoms with van der Waals surface area (Å²) in [5.41, 5.74) is -0.864. The number of pyridine rings is 1. The van der Waals surface area contributed by atoms with Crippen molar-refractivity contribution in [1.29, 1.82) is 0 Å². The highest BCUT2D eigenvalue weighted by molar-refractivity contribution is 5.21. The monoisotopic (exact) mass is 285 g/mol. The number of aromatic amines is 1. The molecule has 2 rings (SSSR count). The maximum Gasteiger partial charge on any atom is 0.433 e. The molecule has 2 aromatic heterocycles. The summed E-state index contributed by atoms with van der Waals surface area (Å²) in [7, 11) is 0. The van der Waals surface area contributed by atoms with Crippen LogP contribution in [0.1, 0.15) is 24.0 Å². The summed E-state index contributed by atoms with van der Waals surface area (Å²) in [6, 6.07) is 2.83. The van der Waals surface area contributed by atoms with Crippen molar-refractivity contribution >= 4 is 0 Å². The number of hydrogen-bond acceptors (Lipinski definition) is 3. The Balaban J connectivity index is 1.97. The molecule has 0 aromatic carbocycles. The summed E-state index contributed by atoms with van der Waals surface area (Å²) in [4.78, 5) is 10.3. The normalized spacial score (nSPS) is 13.4. The Morgan fingerprint density at radius 2 is 2.10 bits per heavy atom. The van der Waals surface area contributed by atoms with Gasteiger partial charge in [0.05, 0.1) is 12.7 Å². The van der Waals surface area contributed by atoms with E-state index in [0.717, 1.165) is 12.0 Å². The van der Waals surface area contributed by atoms with Crippen LogP contribution in [0.15, 0.2) is 30.7 Å². The van der Waals surface area contributed by atoms with Crippen LogP contribution in [-0.4, -0.2) is 21.1 Å². The van der Waals surface area contributed by atoms with Crippen LogP contribution in [-0.2, 0) is 23.9 Å². The maximum atomic E-state index is 12.7. The molecule has 0 aliphatic heterocycles. The smallest absolute Gasteiger partial charge is 0.373 e. The average molecular weight is 285 g/mol. The molecule has 0 radical (unpaired) electrons. The zero-order chi connectivity index (χ0) is 14.6. The van der Waals surface area contributed by atoms with Crippen molar-refractivity contribution in [3.8, 4) is 0 Å². The minimum absolute atomic E-state index is 0.0336. The highest BCUT2D eigenvalue weighted by atomic mass is 19.4. The van der Waals surface area contributed by atoms with Crippen LogP contribution >= 0.6 is 0 Å². The minimum atomic E-state index is -4.47. The first-order chi connectivity index (χ1) is 9.47. The number of nitrogens with one attached hydrogen (secondary N) is 1. The van der Waals surface area contributed by atoms with E-state index < -0.39 is 11.9 Å². The van der Waals surface area contributed by atoms with Gasteiger partial charge in [-0.2, -0.15) is 13.2 Å². The van der Waals surface area contributed by atoms with Crippen LogP contribution < -0.4 is 0 Å². The quantitative estimate of drug-likeness (QED) is 0.918. The van der Waals surface area contributed by atoms with Gasteiger partial charge in [-0.1, -0.05) is 6.07 Å². The zero-order valence-electron chi connectivity index (χ0n) is 10.8. The highest BCUT2D eigenvalue weighted by Crippen LogP contribution is 2.30. The zero-order valence-corrected chi connectivity index (χ0v) is 10.8. The molecule has 7 heteroatoms. The van der Waals surface area contributed by atoms with Gasteiger partial charge in [-0.25, -0.2) is 4.98 Å². The largest absolute Gasteiger partial charge is 0.433 e. The summed E-state index contributed by atoms with van der Waals surface area (Å²) in [5, 5.41) is 0. The van der Waals surface area contributed by atoms with Crippen molar-refractivity contribution < 1.29 is 17.9 Å². The van der Waals surface area contributed by atoms with E-state index in [1.54, 1.807) is 19.3 Å². The molecule has 20 heavy (non-hydrogen) atoms. The topological polar surface area (TPSA) is 50.8 Å². The molecule has 1 atom stereocenters. The number of rotatable bonds is 5. The van der Waals surface area contributed by atoms with Crippen molar-refractivity contribution in [2.45, 2.75) is 32.2 Å². The molecule has 4 nitrogen and oxygen atoms in total. The third-order valence-electron chi connectivity index (χ3n) is 2.72. The van der Waals surface area contributed by atoms with E-state index in [1.165, 1.54) is 12.1 Å². The molecule has 0 fully saturated rings. The summed E-state index contributed by atoms with van der Waals surface area (Å²) >= 11 is 0. The lowest BCUT2D eigenvalue weighted by molar-refractivity contribution is -0.142. The molecule has 1 unspecified atom stereocenters. The van der Waals surface area contributed by atoms with Gasteiger partial charge in [-0.05, 0) is 13.0 Å². The van der Waals surface area contributed by atoms with Crippen LogP contribution in [0.2, 0.25) is 0 Å². The first-order valence-electron chi connectivity index (χ1n) is 6.07. The van der Waals surface area contributed by atoms with Crippen molar-refractivity contribution in [1.82, 2.24) is 15.0 Å². The molecule has 108 valence electrons. The average Bonchev–Trinajstić information content (AvgIpc) is 2.88. The number of aromatic nitrogens is 3. The standard InChI is InChI=1S/C13H14F3N3O/c1-9(7-11-17-5-6-18-11)20-8-10-3-2-4-19-12(10)13(14,15)16/h2-6,9H,7-8H2,1H3,(H,17,18). The molecule has 0 spiro atoms. The third kappa shape index (κ3) is 3.80. The molecule has 0 amide bonds. The second kappa shape index (κ2) is 6.04. The molecule has 0 saturated heterocycles. The SMILES string of the molecule is CC(Cc1ncc[nH]1)OCc1cccnc1C(F)(F)F. The van der Waals surface area contributed by atoms with Crippen LogP contribution in [0, 0.1) is 0 Å². The van der Waals surface area contributed by atoms with Gasteiger partial charge in [0.15, 0.2) is 0 Å². The summed E-state index contributed by atoms with van der Waals surface area (Å²) in [6.07, 6.45) is 0.218. The van der Waals surface area contributed by atoms with Gasteiger partial charge in [0, 0.05) is 30.6 Å². The molecule has 0 bridgehead atoms. The Bertz CT molecular complexity index is 540. The number of halogens is 3. The molecule has 1 N–H and O–H groups in total.